The zero-order valence-electron chi connectivity index (χ0n) is 5.66. The van der Waals surface area contributed by atoms with Crippen LogP contribution in [0, 0.1) is 11.3 Å². The lowest BCUT2D eigenvalue weighted by Crippen LogP contribution is -2.01. The molecule has 0 saturated carbocycles. The standard InChI is InChI=1S/C7H8N2S/c1-5(9)7-2-6(3-8)4-10-7/h2,4-5H,9H2,1H3/t5-/m1/s1. The monoisotopic (exact) mass is 152 g/mol. The molecule has 0 bridgehead atoms. The maximum absolute atomic E-state index is 8.45. The fourth-order valence-corrected chi connectivity index (χ4v) is 1.44. The summed E-state index contributed by atoms with van der Waals surface area (Å²) in [5.74, 6) is 0. The number of rotatable bonds is 1. The number of hydrogen-bond donors (Lipinski definition) is 1. The van der Waals surface area contributed by atoms with Crippen molar-refractivity contribution >= 4 is 11.3 Å². The summed E-state index contributed by atoms with van der Waals surface area (Å²) >= 11 is 1.53. The van der Waals surface area contributed by atoms with Crippen LogP contribution in [0.2, 0.25) is 0 Å². The zero-order chi connectivity index (χ0) is 7.56. The Hall–Kier alpha value is -0.850. The second-order valence-corrected chi connectivity index (χ2v) is 3.08. The third-order valence-electron chi connectivity index (χ3n) is 1.20. The van der Waals surface area contributed by atoms with Gasteiger partial charge < -0.3 is 5.73 Å². The van der Waals surface area contributed by atoms with Crippen molar-refractivity contribution in [2.75, 3.05) is 0 Å². The van der Waals surface area contributed by atoms with E-state index >= 15 is 0 Å². The minimum absolute atomic E-state index is 0.0482. The van der Waals surface area contributed by atoms with E-state index in [9.17, 15) is 0 Å². The van der Waals surface area contributed by atoms with Gasteiger partial charge in [-0.2, -0.15) is 5.26 Å². The molecule has 1 rings (SSSR count). The average molecular weight is 152 g/mol. The molecule has 1 atom stereocenters. The zero-order valence-corrected chi connectivity index (χ0v) is 6.48. The van der Waals surface area contributed by atoms with Crippen molar-refractivity contribution in [3.05, 3.63) is 21.9 Å². The summed E-state index contributed by atoms with van der Waals surface area (Å²) in [6, 6.07) is 3.93. The molecule has 1 aromatic heterocycles. The minimum Gasteiger partial charge on any atom is -0.324 e. The van der Waals surface area contributed by atoms with Crippen LogP contribution in [0.15, 0.2) is 11.4 Å². The van der Waals surface area contributed by atoms with Crippen molar-refractivity contribution in [1.29, 1.82) is 5.26 Å². The van der Waals surface area contributed by atoms with Gasteiger partial charge in [-0.3, -0.25) is 0 Å². The first kappa shape index (κ1) is 7.26. The summed E-state index contributed by atoms with van der Waals surface area (Å²) in [5.41, 5.74) is 6.29. The van der Waals surface area contributed by atoms with E-state index in [1.165, 1.54) is 11.3 Å². The molecule has 0 aliphatic carbocycles. The molecular formula is C7H8N2S. The highest BCUT2D eigenvalue weighted by Gasteiger charge is 2.01. The van der Waals surface area contributed by atoms with Gasteiger partial charge in [-0.1, -0.05) is 0 Å². The van der Waals surface area contributed by atoms with Gasteiger partial charge in [0, 0.05) is 16.3 Å². The maximum Gasteiger partial charge on any atom is 0.100 e. The van der Waals surface area contributed by atoms with Crippen molar-refractivity contribution in [2.45, 2.75) is 13.0 Å². The molecule has 52 valence electrons. The van der Waals surface area contributed by atoms with Crippen molar-refractivity contribution in [1.82, 2.24) is 0 Å². The molecule has 0 aliphatic rings. The summed E-state index contributed by atoms with van der Waals surface area (Å²) in [6.45, 7) is 1.91. The van der Waals surface area contributed by atoms with Gasteiger partial charge in [0.1, 0.15) is 6.07 Å². The lowest BCUT2D eigenvalue weighted by atomic mass is 10.2. The van der Waals surface area contributed by atoms with E-state index in [4.69, 9.17) is 11.0 Å². The van der Waals surface area contributed by atoms with Crippen molar-refractivity contribution < 1.29 is 0 Å². The van der Waals surface area contributed by atoms with Crippen LogP contribution >= 0.6 is 11.3 Å². The number of nitrogens with zero attached hydrogens (tertiary/aromatic N) is 1. The van der Waals surface area contributed by atoms with Crippen LogP contribution in [0.5, 0.6) is 0 Å². The highest BCUT2D eigenvalue weighted by molar-refractivity contribution is 7.10. The molecule has 3 heteroatoms. The van der Waals surface area contributed by atoms with Crippen molar-refractivity contribution in [2.24, 2.45) is 5.73 Å². The third kappa shape index (κ3) is 1.35. The Morgan fingerprint density at radius 3 is 2.80 bits per heavy atom. The summed E-state index contributed by atoms with van der Waals surface area (Å²) in [6.07, 6.45) is 0. The summed E-state index contributed by atoms with van der Waals surface area (Å²) < 4.78 is 0. The van der Waals surface area contributed by atoms with Gasteiger partial charge in [-0.05, 0) is 13.0 Å². The lowest BCUT2D eigenvalue weighted by Gasteiger charge is -1.96. The van der Waals surface area contributed by atoms with E-state index < -0.39 is 0 Å². The second-order valence-electron chi connectivity index (χ2n) is 2.14. The largest absolute Gasteiger partial charge is 0.324 e. The van der Waals surface area contributed by atoms with Crippen LogP contribution < -0.4 is 5.73 Å². The van der Waals surface area contributed by atoms with E-state index in [0.717, 1.165) is 4.88 Å². The molecule has 1 aromatic rings. The van der Waals surface area contributed by atoms with E-state index in [-0.39, 0.29) is 6.04 Å². The van der Waals surface area contributed by atoms with Crippen LogP contribution in [0.1, 0.15) is 23.4 Å². The molecule has 0 fully saturated rings. The molecule has 0 radical (unpaired) electrons. The van der Waals surface area contributed by atoms with Crippen molar-refractivity contribution in [3.63, 3.8) is 0 Å². The lowest BCUT2D eigenvalue weighted by molar-refractivity contribution is 0.838. The molecule has 0 spiro atoms. The first-order valence-corrected chi connectivity index (χ1v) is 3.86. The highest BCUT2D eigenvalue weighted by Crippen LogP contribution is 2.19. The van der Waals surface area contributed by atoms with Crippen LogP contribution in [-0.2, 0) is 0 Å². The molecule has 2 nitrogen and oxygen atoms in total. The Balaban J connectivity index is 2.91. The SMILES string of the molecule is C[C@@H](N)c1cc(C#N)cs1. The van der Waals surface area contributed by atoms with Gasteiger partial charge >= 0.3 is 0 Å². The van der Waals surface area contributed by atoms with Crippen LogP contribution in [0.25, 0.3) is 0 Å². The Labute approximate surface area is 63.9 Å². The molecule has 0 aliphatic heterocycles. The van der Waals surface area contributed by atoms with Gasteiger partial charge in [-0.25, -0.2) is 0 Å². The molecule has 0 unspecified atom stereocenters. The summed E-state index contributed by atoms with van der Waals surface area (Å²) in [4.78, 5) is 1.07. The van der Waals surface area contributed by atoms with Gasteiger partial charge in [0.05, 0.1) is 5.56 Å². The summed E-state index contributed by atoms with van der Waals surface area (Å²) in [5, 5.41) is 10.3. The molecule has 0 amide bonds. The molecule has 1 heterocycles. The van der Waals surface area contributed by atoms with Gasteiger partial charge in [0.2, 0.25) is 0 Å². The Morgan fingerprint density at radius 2 is 2.50 bits per heavy atom. The Kier molecular flexibility index (Phi) is 2.05. The topological polar surface area (TPSA) is 49.8 Å². The van der Waals surface area contributed by atoms with Gasteiger partial charge in [0.25, 0.3) is 0 Å². The van der Waals surface area contributed by atoms with E-state index in [1.54, 1.807) is 0 Å². The Bertz CT molecular complexity index is 257. The fourth-order valence-electron chi connectivity index (χ4n) is 0.650. The molecule has 0 saturated heterocycles. The van der Waals surface area contributed by atoms with E-state index in [2.05, 4.69) is 6.07 Å². The highest BCUT2D eigenvalue weighted by atomic mass is 32.1. The van der Waals surface area contributed by atoms with E-state index in [0.29, 0.717) is 5.56 Å². The minimum atomic E-state index is 0.0482. The average Bonchev–Trinajstić information content (AvgIpc) is 2.34. The molecule has 2 N–H and O–H groups in total. The van der Waals surface area contributed by atoms with E-state index in [1.807, 2.05) is 18.4 Å². The predicted molar refractivity (Wildman–Crippen MR) is 41.6 cm³/mol. The first-order chi connectivity index (χ1) is 4.74. The quantitative estimate of drug-likeness (QED) is 0.665. The Morgan fingerprint density at radius 1 is 1.80 bits per heavy atom. The maximum atomic E-state index is 8.45. The molecule has 10 heavy (non-hydrogen) atoms. The van der Waals surface area contributed by atoms with Crippen molar-refractivity contribution in [3.8, 4) is 6.07 Å². The summed E-state index contributed by atoms with van der Waals surface area (Å²) in [7, 11) is 0. The molecular weight excluding hydrogens is 144 g/mol. The number of nitrogens with two attached hydrogens (primary N) is 1. The second kappa shape index (κ2) is 2.82. The van der Waals surface area contributed by atoms with Gasteiger partial charge in [0.15, 0.2) is 0 Å². The van der Waals surface area contributed by atoms with Gasteiger partial charge in [-0.15, -0.1) is 11.3 Å². The number of nitriles is 1. The smallest absolute Gasteiger partial charge is 0.100 e. The number of thiophene rings is 1. The van der Waals surface area contributed by atoms with Crippen LogP contribution in [0.4, 0.5) is 0 Å². The number of hydrogen-bond acceptors (Lipinski definition) is 3. The third-order valence-corrected chi connectivity index (χ3v) is 2.33. The van der Waals surface area contributed by atoms with Crippen LogP contribution in [0.3, 0.4) is 0 Å². The predicted octanol–water partition coefficient (Wildman–Crippen LogP) is 1.64. The fraction of sp³-hybridized carbons (Fsp3) is 0.286. The van der Waals surface area contributed by atoms with Crippen LogP contribution in [-0.4, -0.2) is 0 Å². The normalized spacial score (nSPS) is 12.5. The molecule has 0 aromatic carbocycles. The first-order valence-electron chi connectivity index (χ1n) is 2.98.